The monoisotopic (exact) mass is 790 g/mol. The average Bonchev–Trinajstić information content (AvgIpc) is 3.35. The molecule has 2 aromatic carbocycles. The van der Waals surface area contributed by atoms with Gasteiger partial charge >= 0.3 is 0 Å². The first-order valence-corrected chi connectivity index (χ1v) is 19.0. The number of rotatable bonds is 6. The fraction of sp³-hybridized carbons (Fsp3) is 0.308. The third kappa shape index (κ3) is 8.64. The summed E-state index contributed by atoms with van der Waals surface area (Å²) in [7, 11) is -1.37. The van der Waals surface area contributed by atoms with Crippen molar-refractivity contribution in [3.05, 3.63) is 109 Å². The molecule has 0 unspecified atom stereocenters. The molecule has 0 aliphatic rings. The Morgan fingerprint density at radius 2 is 1.62 bits per heavy atom. The minimum atomic E-state index is -1.37. The molecular formula is C39H43IrN3OSi-2. The van der Waals surface area contributed by atoms with Gasteiger partial charge in [0.15, 0.2) is 0 Å². The first-order chi connectivity index (χ1) is 20.9. The van der Waals surface area contributed by atoms with Crippen molar-refractivity contribution < 1.29 is 24.5 Å². The second-order valence-electron chi connectivity index (χ2n) is 14.2. The Bertz CT molecular complexity index is 1870. The maximum Gasteiger partial charge on any atom is 0.216 e. The van der Waals surface area contributed by atoms with Gasteiger partial charge in [0.05, 0.1) is 13.7 Å². The zero-order valence-electron chi connectivity index (χ0n) is 27.7. The zero-order chi connectivity index (χ0) is 31.5. The first-order valence-electron chi connectivity index (χ1n) is 15.5. The van der Waals surface area contributed by atoms with Crippen molar-refractivity contribution in [3.8, 4) is 22.5 Å². The molecule has 4 nitrogen and oxygen atoms in total. The predicted molar refractivity (Wildman–Crippen MR) is 187 cm³/mol. The van der Waals surface area contributed by atoms with Crippen molar-refractivity contribution >= 4 is 35.3 Å². The summed E-state index contributed by atoms with van der Waals surface area (Å²) in [5.74, 6) is 0.612. The maximum absolute atomic E-state index is 5.98. The van der Waals surface area contributed by atoms with Gasteiger partial charge in [0.25, 0.3) is 0 Å². The van der Waals surface area contributed by atoms with Crippen LogP contribution in [0, 0.1) is 23.5 Å². The van der Waals surface area contributed by atoms with Gasteiger partial charge in [0, 0.05) is 44.1 Å². The van der Waals surface area contributed by atoms with Gasteiger partial charge in [0.1, 0.15) is 0 Å². The molecule has 0 saturated carbocycles. The van der Waals surface area contributed by atoms with Crippen LogP contribution in [0.2, 0.25) is 19.6 Å². The number of hydrogen-bond donors (Lipinski definition) is 0. The Morgan fingerprint density at radius 3 is 2.31 bits per heavy atom. The van der Waals surface area contributed by atoms with E-state index in [1.807, 2.05) is 48.7 Å². The summed E-state index contributed by atoms with van der Waals surface area (Å²) in [4.78, 5) is 13.5. The van der Waals surface area contributed by atoms with Crippen molar-refractivity contribution in [2.45, 2.75) is 67.1 Å². The Balaban J connectivity index is 0.000000201. The number of furan rings is 1. The molecule has 0 fully saturated rings. The maximum atomic E-state index is 5.98. The standard InChI is InChI=1S/C20H17N2O.C19H26NSi.Ir/c1-13(2)11-14-8-10-21-18(12-14)17-6-3-5-15-16-7-4-9-22-20(16)23-19(15)17;1-19(2,3)13-16-12-17(15-10-8-7-9-11-15)20-14-18(16)21(4,5)6;/h3-5,7-10,12-13H,11H2,1-2H3;7-10,12,14H,13H2,1-6H3;/q2*-1;. The van der Waals surface area contributed by atoms with Crippen LogP contribution in [0.5, 0.6) is 0 Å². The van der Waals surface area contributed by atoms with Crippen LogP contribution in [0.4, 0.5) is 0 Å². The molecule has 0 spiro atoms. The van der Waals surface area contributed by atoms with Gasteiger partial charge in [-0.2, -0.15) is 0 Å². The molecule has 0 amide bonds. The zero-order valence-corrected chi connectivity index (χ0v) is 31.1. The van der Waals surface area contributed by atoms with E-state index in [0.717, 1.165) is 51.7 Å². The molecule has 6 heteroatoms. The number of pyridine rings is 3. The topological polar surface area (TPSA) is 51.8 Å². The van der Waals surface area contributed by atoms with E-state index in [1.54, 1.807) is 6.20 Å². The molecule has 6 rings (SSSR count). The molecule has 235 valence electrons. The SMILES string of the molecule is CC(C)(C)Cc1cc(-c2[c-]cccc2)ncc1[Si](C)(C)C.CC(C)Cc1ccnc(-c2[c-]ccc3c2oc2ncccc23)c1.[Ir]. The van der Waals surface area contributed by atoms with E-state index in [4.69, 9.17) is 9.40 Å². The summed E-state index contributed by atoms with van der Waals surface area (Å²) in [6, 6.07) is 29.0. The van der Waals surface area contributed by atoms with Crippen molar-refractivity contribution in [2.24, 2.45) is 11.3 Å². The molecule has 0 atom stereocenters. The van der Waals surface area contributed by atoms with Gasteiger partial charge in [-0.3, -0.25) is 0 Å². The number of benzene rings is 2. The fourth-order valence-electron chi connectivity index (χ4n) is 5.57. The smallest absolute Gasteiger partial charge is 0.216 e. The summed E-state index contributed by atoms with van der Waals surface area (Å²) < 4.78 is 5.98. The normalized spacial score (nSPS) is 11.8. The van der Waals surface area contributed by atoms with Crippen LogP contribution in [0.15, 0.2) is 89.7 Å². The molecule has 4 heterocycles. The Labute approximate surface area is 283 Å². The second-order valence-corrected chi connectivity index (χ2v) is 19.2. The number of hydrogen-bond acceptors (Lipinski definition) is 4. The van der Waals surface area contributed by atoms with E-state index in [-0.39, 0.29) is 25.5 Å². The molecule has 0 aliphatic heterocycles. The first kappa shape index (κ1) is 34.4. The van der Waals surface area contributed by atoms with Crippen molar-refractivity contribution in [1.29, 1.82) is 0 Å². The quantitative estimate of drug-likeness (QED) is 0.125. The molecule has 4 aromatic heterocycles. The van der Waals surface area contributed by atoms with Crippen LogP contribution in [0.3, 0.4) is 0 Å². The molecule has 0 saturated heterocycles. The molecule has 6 aromatic rings. The van der Waals surface area contributed by atoms with Gasteiger partial charge in [-0.15, -0.1) is 54.1 Å². The predicted octanol–water partition coefficient (Wildman–Crippen LogP) is 9.72. The molecule has 1 radical (unpaired) electrons. The summed E-state index contributed by atoms with van der Waals surface area (Å²) in [5, 5.41) is 3.56. The number of nitrogens with zero attached hydrogens (tertiary/aromatic N) is 3. The van der Waals surface area contributed by atoms with Crippen molar-refractivity contribution in [3.63, 3.8) is 0 Å². The van der Waals surface area contributed by atoms with Crippen LogP contribution >= 0.6 is 0 Å². The van der Waals surface area contributed by atoms with E-state index in [1.165, 1.54) is 16.3 Å². The molecular weight excluding hydrogens is 747 g/mol. The van der Waals surface area contributed by atoms with Crippen LogP contribution in [0.1, 0.15) is 45.7 Å². The number of fused-ring (bicyclic) bond motifs is 3. The summed E-state index contributed by atoms with van der Waals surface area (Å²) >= 11 is 0. The van der Waals surface area contributed by atoms with Gasteiger partial charge in [0.2, 0.25) is 5.71 Å². The summed E-state index contributed by atoms with van der Waals surface area (Å²) in [6.07, 6.45) is 7.85. The van der Waals surface area contributed by atoms with Crippen LogP contribution in [-0.4, -0.2) is 23.0 Å². The Kier molecular flexibility index (Phi) is 11.0. The number of aromatic nitrogens is 3. The second kappa shape index (κ2) is 14.3. The minimum Gasteiger partial charge on any atom is -0.486 e. The van der Waals surface area contributed by atoms with Crippen molar-refractivity contribution in [2.75, 3.05) is 0 Å². The Hall–Kier alpha value is -3.44. The third-order valence-electron chi connectivity index (χ3n) is 7.44. The molecule has 0 bridgehead atoms. The Morgan fingerprint density at radius 1 is 0.822 bits per heavy atom. The van der Waals surface area contributed by atoms with Crippen LogP contribution in [0.25, 0.3) is 44.6 Å². The van der Waals surface area contributed by atoms with E-state index < -0.39 is 8.07 Å². The third-order valence-corrected chi connectivity index (χ3v) is 9.50. The van der Waals surface area contributed by atoms with Crippen LogP contribution in [-0.2, 0) is 32.9 Å². The summed E-state index contributed by atoms with van der Waals surface area (Å²) in [5.41, 5.74) is 8.39. The van der Waals surface area contributed by atoms with E-state index >= 15 is 0 Å². The van der Waals surface area contributed by atoms with Gasteiger partial charge < -0.3 is 14.4 Å². The van der Waals surface area contributed by atoms with Gasteiger partial charge in [-0.05, 0) is 58.9 Å². The van der Waals surface area contributed by atoms with E-state index in [9.17, 15) is 0 Å². The van der Waals surface area contributed by atoms with E-state index in [2.05, 4.69) is 107 Å². The fourth-order valence-corrected chi connectivity index (χ4v) is 7.14. The minimum absolute atomic E-state index is 0. The average molecular weight is 790 g/mol. The molecule has 45 heavy (non-hydrogen) atoms. The molecule has 0 N–H and O–H groups in total. The molecule has 0 aliphatic carbocycles. The summed E-state index contributed by atoms with van der Waals surface area (Å²) in [6.45, 7) is 18.5. The van der Waals surface area contributed by atoms with Gasteiger partial charge in [-0.1, -0.05) is 88.5 Å². The van der Waals surface area contributed by atoms with E-state index in [0.29, 0.717) is 11.6 Å². The van der Waals surface area contributed by atoms with Crippen molar-refractivity contribution in [1.82, 2.24) is 15.0 Å². The van der Waals surface area contributed by atoms with Crippen LogP contribution < -0.4 is 5.19 Å². The largest absolute Gasteiger partial charge is 0.486 e. The van der Waals surface area contributed by atoms with Gasteiger partial charge in [-0.25, -0.2) is 4.98 Å².